The molecule has 0 aromatic heterocycles. The van der Waals surface area contributed by atoms with Crippen molar-refractivity contribution in [2.24, 2.45) is 5.92 Å². The summed E-state index contributed by atoms with van der Waals surface area (Å²) in [5, 5.41) is 0. The summed E-state index contributed by atoms with van der Waals surface area (Å²) in [6.07, 6.45) is 0.631. The lowest BCUT2D eigenvalue weighted by Crippen LogP contribution is -2.53. The molecule has 1 saturated heterocycles. The van der Waals surface area contributed by atoms with E-state index in [0.29, 0.717) is 19.1 Å². The summed E-state index contributed by atoms with van der Waals surface area (Å²) in [7, 11) is 0. The van der Waals surface area contributed by atoms with Crippen molar-refractivity contribution in [3.8, 4) is 0 Å². The molecule has 1 atom stereocenters. The molecule has 2 aromatic carbocycles. The van der Waals surface area contributed by atoms with E-state index < -0.39 is 11.3 Å². The Morgan fingerprint density at radius 3 is 1.91 bits per heavy atom. The van der Waals surface area contributed by atoms with Gasteiger partial charge in [-0.15, -0.1) is 0 Å². The smallest absolute Gasteiger partial charge is 0.412 e. The highest BCUT2D eigenvalue weighted by Crippen LogP contribution is 2.35. The van der Waals surface area contributed by atoms with Gasteiger partial charge in [-0.25, -0.2) is 4.79 Å². The SMILES string of the molecule is CC(C)C[C@@H](COC(=O)N1C(C)(C)COC1(C)C)N(Cc1ccccc1)Cc1ccccc1. The van der Waals surface area contributed by atoms with Crippen LogP contribution in [0.2, 0.25) is 0 Å². The van der Waals surface area contributed by atoms with Crippen LogP contribution in [0.5, 0.6) is 0 Å². The maximum absolute atomic E-state index is 13.2. The van der Waals surface area contributed by atoms with Crippen LogP contribution in [-0.4, -0.2) is 46.4 Å². The molecule has 33 heavy (non-hydrogen) atoms. The first kappa shape index (κ1) is 25.3. The molecule has 2 aromatic rings. The fourth-order valence-electron chi connectivity index (χ4n) is 4.73. The fraction of sp³-hybridized carbons (Fsp3) is 0.536. The molecule has 0 aliphatic carbocycles. The van der Waals surface area contributed by atoms with Gasteiger partial charge in [-0.3, -0.25) is 9.80 Å². The van der Waals surface area contributed by atoms with Crippen molar-refractivity contribution < 1.29 is 14.3 Å². The molecule has 1 aliphatic rings. The van der Waals surface area contributed by atoms with Crippen LogP contribution in [0, 0.1) is 5.92 Å². The Hall–Kier alpha value is -2.37. The Morgan fingerprint density at radius 2 is 1.48 bits per heavy atom. The Morgan fingerprint density at radius 1 is 0.970 bits per heavy atom. The zero-order chi connectivity index (χ0) is 24.1. The first-order chi connectivity index (χ1) is 15.6. The molecule has 1 aliphatic heterocycles. The molecular formula is C28H40N2O3. The van der Waals surface area contributed by atoms with Crippen LogP contribution in [-0.2, 0) is 22.6 Å². The molecule has 180 valence electrons. The van der Waals surface area contributed by atoms with Gasteiger partial charge in [0.25, 0.3) is 0 Å². The van der Waals surface area contributed by atoms with Gasteiger partial charge >= 0.3 is 6.09 Å². The maximum Gasteiger partial charge on any atom is 0.412 e. The molecule has 5 nitrogen and oxygen atoms in total. The van der Waals surface area contributed by atoms with Gasteiger partial charge in [-0.2, -0.15) is 0 Å². The van der Waals surface area contributed by atoms with Gasteiger partial charge in [0, 0.05) is 19.1 Å². The maximum atomic E-state index is 13.2. The molecule has 0 unspecified atom stereocenters. The number of nitrogens with zero attached hydrogens (tertiary/aromatic N) is 2. The van der Waals surface area contributed by atoms with Crippen LogP contribution >= 0.6 is 0 Å². The third-order valence-corrected chi connectivity index (χ3v) is 6.22. The predicted molar refractivity (Wildman–Crippen MR) is 133 cm³/mol. The number of carbonyl (C=O) groups is 1. The van der Waals surface area contributed by atoms with Gasteiger partial charge in [0.2, 0.25) is 0 Å². The van der Waals surface area contributed by atoms with Gasteiger partial charge in [-0.05, 0) is 51.2 Å². The molecule has 0 saturated carbocycles. The number of benzene rings is 2. The average molecular weight is 453 g/mol. The minimum absolute atomic E-state index is 0.101. The van der Waals surface area contributed by atoms with E-state index in [9.17, 15) is 4.79 Å². The zero-order valence-corrected chi connectivity index (χ0v) is 21.1. The highest BCUT2D eigenvalue weighted by atomic mass is 16.6. The van der Waals surface area contributed by atoms with Crippen LogP contribution in [0.15, 0.2) is 60.7 Å². The van der Waals surface area contributed by atoms with Crippen molar-refractivity contribution in [2.75, 3.05) is 13.2 Å². The lowest BCUT2D eigenvalue weighted by Gasteiger charge is -2.38. The van der Waals surface area contributed by atoms with E-state index in [0.717, 1.165) is 19.5 Å². The van der Waals surface area contributed by atoms with Crippen LogP contribution in [0.4, 0.5) is 4.79 Å². The van der Waals surface area contributed by atoms with Gasteiger partial charge in [0.15, 0.2) is 0 Å². The van der Waals surface area contributed by atoms with Crippen molar-refractivity contribution in [3.63, 3.8) is 0 Å². The first-order valence-corrected chi connectivity index (χ1v) is 12.0. The second-order valence-electron chi connectivity index (χ2n) is 10.6. The largest absolute Gasteiger partial charge is 0.448 e. The van der Waals surface area contributed by atoms with E-state index in [4.69, 9.17) is 9.47 Å². The molecule has 0 spiro atoms. The normalized spacial score (nSPS) is 18.0. The zero-order valence-electron chi connectivity index (χ0n) is 21.1. The summed E-state index contributed by atoms with van der Waals surface area (Å²) in [6.45, 7) is 14.8. The summed E-state index contributed by atoms with van der Waals surface area (Å²) in [5.74, 6) is 0.478. The monoisotopic (exact) mass is 452 g/mol. The number of rotatable bonds is 9. The molecule has 3 rings (SSSR count). The molecule has 1 fully saturated rings. The third kappa shape index (κ3) is 6.81. The Balaban J connectivity index is 1.79. The molecule has 1 amide bonds. The second-order valence-corrected chi connectivity index (χ2v) is 10.6. The van der Waals surface area contributed by atoms with E-state index in [2.05, 4.69) is 67.3 Å². The van der Waals surface area contributed by atoms with E-state index in [1.807, 2.05) is 39.8 Å². The summed E-state index contributed by atoms with van der Waals surface area (Å²) >= 11 is 0. The highest BCUT2D eigenvalue weighted by molar-refractivity contribution is 5.70. The standard InChI is InChI=1S/C28H40N2O3/c1-22(2)17-25(20-32-26(31)30-27(3,4)21-33-28(30,5)6)29(18-23-13-9-7-10-14-23)19-24-15-11-8-12-16-24/h7-16,22,25H,17-21H2,1-6H3/t25-/m0/s1. The van der Waals surface area contributed by atoms with Crippen LogP contribution < -0.4 is 0 Å². The quantitative estimate of drug-likeness (QED) is 0.462. The van der Waals surface area contributed by atoms with Gasteiger partial charge in [-0.1, -0.05) is 74.5 Å². The third-order valence-electron chi connectivity index (χ3n) is 6.22. The molecule has 5 heteroatoms. The van der Waals surface area contributed by atoms with E-state index in [1.165, 1.54) is 11.1 Å². The molecular weight excluding hydrogens is 412 g/mol. The minimum atomic E-state index is -0.679. The Kier molecular flexibility index (Phi) is 8.19. The molecule has 0 radical (unpaired) electrons. The van der Waals surface area contributed by atoms with E-state index in [-0.39, 0.29) is 12.1 Å². The second kappa shape index (κ2) is 10.7. The van der Waals surface area contributed by atoms with Crippen LogP contribution in [0.25, 0.3) is 0 Å². The summed E-state index contributed by atoms with van der Waals surface area (Å²) in [6, 6.07) is 21.1. The summed E-state index contributed by atoms with van der Waals surface area (Å²) in [5.41, 5.74) is 1.43. The van der Waals surface area contributed by atoms with Crippen LogP contribution in [0.3, 0.4) is 0 Å². The van der Waals surface area contributed by atoms with E-state index in [1.54, 1.807) is 4.90 Å². The summed E-state index contributed by atoms with van der Waals surface area (Å²) in [4.78, 5) is 17.4. The Bertz CT molecular complexity index is 823. The van der Waals surface area contributed by atoms with Crippen molar-refractivity contribution in [1.29, 1.82) is 0 Å². The minimum Gasteiger partial charge on any atom is -0.448 e. The highest BCUT2D eigenvalue weighted by Gasteiger charge is 2.49. The predicted octanol–water partition coefficient (Wildman–Crippen LogP) is 6.09. The van der Waals surface area contributed by atoms with Crippen molar-refractivity contribution in [3.05, 3.63) is 71.8 Å². The topological polar surface area (TPSA) is 42.0 Å². The van der Waals surface area contributed by atoms with Crippen molar-refractivity contribution in [2.45, 2.75) is 78.4 Å². The van der Waals surface area contributed by atoms with Gasteiger partial charge < -0.3 is 9.47 Å². The van der Waals surface area contributed by atoms with Gasteiger partial charge in [0.1, 0.15) is 12.3 Å². The number of carbonyl (C=O) groups excluding carboxylic acids is 1. The number of hydrogen-bond donors (Lipinski definition) is 0. The average Bonchev–Trinajstić information content (AvgIpc) is 2.99. The van der Waals surface area contributed by atoms with E-state index >= 15 is 0 Å². The number of hydrogen-bond acceptors (Lipinski definition) is 4. The molecule has 0 bridgehead atoms. The van der Waals surface area contributed by atoms with Crippen LogP contribution in [0.1, 0.15) is 59.1 Å². The first-order valence-electron chi connectivity index (χ1n) is 12.0. The lowest BCUT2D eigenvalue weighted by atomic mass is 10.0. The Labute approximate surface area is 199 Å². The van der Waals surface area contributed by atoms with Gasteiger partial charge in [0.05, 0.1) is 12.1 Å². The lowest BCUT2D eigenvalue weighted by molar-refractivity contribution is -0.0557. The number of ether oxygens (including phenoxy) is 2. The van der Waals surface area contributed by atoms with Crippen molar-refractivity contribution in [1.82, 2.24) is 9.80 Å². The fourth-order valence-corrected chi connectivity index (χ4v) is 4.73. The number of amides is 1. The molecule has 1 heterocycles. The van der Waals surface area contributed by atoms with Crippen molar-refractivity contribution >= 4 is 6.09 Å². The summed E-state index contributed by atoms with van der Waals surface area (Å²) < 4.78 is 11.9. The molecule has 0 N–H and O–H groups in total.